The second kappa shape index (κ2) is 2.94. The van der Waals surface area contributed by atoms with E-state index in [0.29, 0.717) is 0 Å². The molecule has 0 bridgehead atoms. The van der Waals surface area contributed by atoms with Crippen LogP contribution in [-0.2, 0) is 4.79 Å². The quantitative estimate of drug-likeness (QED) is 0.570. The Kier molecular flexibility index (Phi) is 2.08. The van der Waals surface area contributed by atoms with Gasteiger partial charge in [0.25, 0.3) is 0 Å². The van der Waals surface area contributed by atoms with Gasteiger partial charge in [0.1, 0.15) is 5.54 Å². The highest BCUT2D eigenvalue weighted by atomic mass is 16.2. The summed E-state index contributed by atoms with van der Waals surface area (Å²) in [5.41, 5.74) is -0.539. The number of piperidine rings is 1. The van der Waals surface area contributed by atoms with E-state index in [0.717, 1.165) is 25.9 Å². The zero-order valence-corrected chi connectivity index (χ0v) is 9.18. The average molecular weight is 197 g/mol. The first kappa shape index (κ1) is 9.93. The van der Waals surface area contributed by atoms with Crippen molar-refractivity contribution < 1.29 is 4.79 Å². The van der Waals surface area contributed by atoms with Gasteiger partial charge < -0.3 is 10.2 Å². The minimum Gasteiger partial charge on any atom is -0.337 e. The summed E-state index contributed by atoms with van der Waals surface area (Å²) in [4.78, 5) is 14.2. The van der Waals surface area contributed by atoms with E-state index in [1.807, 2.05) is 13.8 Å². The van der Waals surface area contributed by atoms with Crippen molar-refractivity contribution in [1.29, 1.82) is 0 Å². The molecule has 4 heteroatoms. The summed E-state index contributed by atoms with van der Waals surface area (Å²) in [6.07, 6.45) is 1.83. The third-order valence-electron chi connectivity index (χ3n) is 3.25. The summed E-state index contributed by atoms with van der Waals surface area (Å²) < 4.78 is 0. The van der Waals surface area contributed by atoms with Crippen LogP contribution in [0, 0.1) is 0 Å². The molecular formula is C10H19N3O. The fourth-order valence-corrected chi connectivity index (χ4v) is 2.44. The van der Waals surface area contributed by atoms with Gasteiger partial charge in [0.15, 0.2) is 0 Å². The lowest BCUT2D eigenvalue weighted by Crippen LogP contribution is -2.56. The summed E-state index contributed by atoms with van der Waals surface area (Å²) >= 11 is 0. The molecule has 0 atom stereocenters. The molecule has 0 saturated carbocycles. The van der Waals surface area contributed by atoms with Crippen LogP contribution in [0.4, 0.5) is 0 Å². The highest BCUT2D eigenvalue weighted by molar-refractivity contribution is 5.89. The number of nitrogens with zero attached hydrogens (tertiary/aromatic N) is 1. The largest absolute Gasteiger partial charge is 0.337 e. The molecule has 1 spiro atoms. The topological polar surface area (TPSA) is 44.4 Å². The molecule has 0 unspecified atom stereocenters. The summed E-state index contributed by atoms with van der Waals surface area (Å²) in [5, 5.41) is 6.43. The lowest BCUT2D eigenvalue weighted by molar-refractivity contribution is -0.125. The smallest absolute Gasteiger partial charge is 0.241 e. The number of rotatable bonds is 0. The molecule has 2 N–H and O–H groups in total. The van der Waals surface area contributed by atoms with Crippen molar-refractivity contribution in [3.63, 3.8) is 0 Å². The van der Waals surface area contributed by atoms with Crippen LogP contribution in [0.1, 0.15) is 26.7 Å². The van der Waals surface area contributed by atoms with Crippen LogP contribution in [0.3, 0.4) is 0 Å². The second-order valence-electron chi connectivity index (χ2n) is 5.09. The zero-order chi connectivity index (χ0) is 10.4. The van der Waals surface area contributed by atoms with Crippen LogP contribution in [0.5, 0.6) is 0 Å². The number of amides is 1. The normalized spacial score (nSPS) is 30.6. The van der Waals surface area contributed by atoms with Crippen LogP contribution >= 0.6 is 0 Å². The van der Waals surface area contributed by atoms with Crippen molar-refractivity contribution >= 4 is 5.91 Å². The van der Waals surface area contributed by atoms with Crippen LogP contribution in [-0.4, -0.2) is 42.1 Å². The fraction of sp³-hybridized carbons (Fsp3) is 0.900. The maximum Gasteiger partial charge on any atom is 0.241 e. The van der Waals surface area contributed by atoms with Crippen molar-refractivity contribution in [3.05, 3.63) is 0 Å². The van der Waals surface area contributed by atoms with Gasteiger partial charge in [-0.15, -0.1) is 0 Å². The predicted molar refractivity (Wildman–Crippen MR) is 54.8 cm³/mol. The molecule has 1 amide bonds. The van der Waals surface area contributed by atoms with Crippen LogP contribution in [0.15, 0.2) is 0 Å². The Morgan fingerprint density at radius 3 is 2.29 bits per heavy atom. The Morgan fingerprint density at radius 1 is 1.29 bits per heavy atom. The third-order valence-corrected chi connectivity index (χ3v) is 3.25. The number of hydrogen-bond acceptors (Lipinski definition) is 3. The van der Waals surface area contributed by atoms with Gasteiger partial charge in [-0.05, 0) is 33.7 Å². The molecule has 0 radical (unpaired) electrons. The van der Waals surface area contributed by atoms with E-state index in [4.69, 9.17) is 0 Å². The Bertz CT molecular complexity index is 254. The van der Waals surface area contributed by atoms with Gasteiger partial charge in [-0.2, -0.15) is 0 Å². The van der Waals surface area contributed by atoms with Crippen molar-refractivity contribution in [2.75, 3.05) is 20.1 Å². The average Bonchev–Trinajstić information content (AvgIpc) is 2.29. The van der Waals surface area contributed by atoms with Crippen molar-refractivity contribution in [1.82, 2.24) is 15.5 Å². The first-order valence-corrected chi connectivity index (χ1v) is 5.24. The van der Waals surface area contributed by atoms with E-state index in [-0.39, 0.29) is 17.1 Å². The Hall–Kier alpha value is -0.610. The van der Waals surface area contributed by atoms with E-state index in [2.05, 4.69) is 22.6 Å². The summed E-state index contributed by atoms with van der Waals surface area (Å²) in [6, 6.07) is 0. The van der Waals surface area contributed by atoms with Crippen molar-refractivity contribution in [2.45, 2.75) is 37.9 Å². The van der Waals surface area contributed by atoms with Gasteiger partial charge in [-0.3, -0.25) is 10.1 Å². The van der Waals surface area contributed by atoms with E-state index < -0.39 is 0 Å². The number of carbonyl (C=O) groups excluding carboxylic acids is 1. The molecule has 2 rings (SSSR count). The Morgan fingerprint density at radius 2 is 1.86 bits per heavy atom. The second-order valence-corrected chi connectivity index (χ2v) is 5.09. The van der Waals surface area contributed by atoms with Crippen molar-refractivity contribution in [3.8, 4) is 0 Å². The Balaban J connectivity index is 2.14. The number of nitrogens with one attached hydrogen (secondary N) is 2. The molecule has 0 aromatic heterocycles. The molecular weight excluding hydrogens is 178 g/mol. The van der Waals surface area contributed by atoms with Gasteiger partial charge in [-0.25, -0.2) is 0 Å². The minimum absolute atomic E-state index is 0.176. The molecule has 80 valence electrons. The highest BCUT2D eigenvalue weighted by Gasteiger charge is 2.50. The lowest BCUT2D eigenvalue weighted by atomic mass is 9.88. The number of hydrogen-bond donors (Lipinski definition) is 2. The van der Waals surface area contributed by atoms with Gasteiger partial charge in [0.2, 0.25) is 5.91 Å². The van der Waals surface area contributed by atoms with Gasteiger partial charge in [0.05, 0.1) is 5.66 Å². The maximum atomic E-state index is 11.9. The van der Waals surface area contributed by atoms with E-state index >= 15 is 0 Å². The maximum absolute atomic E-state index is 11.9. The number of carbonyl (C=O) groups is 1. The summed E-state index contributed by atoms with van der Waals surface area (Å²) in [5.74, 6) is 0.176. The molecule has 0 aromatic rings. The molecule has 0 aromatic carbocycles. The monoisotopic (exact) mass is 197 g/mol. The van der Waals surface area contributed by atoms with E-state index in [1.54, 1.807) is 0 Å². The Labute approximate surface area is 85.0 Å². The standard InChI is InChI=1S/C10H19N3O/c1-9(2)11-8(14)10(12-9)4-6-13(3)7-5-10/h12H,4-7H2,1-3H3,(H,11,14). The van der Waals surface area contributed by atoms with Gasteiger partial charge >= 0.3 is 0 Å². The summed E-state index contributed by atoms with van der Waals surface area (Å²) in [6.45, 7) is 6.02. The van der Waals surface area contributed by atoms with Gasteiger partial charge in [0, 0.05) is 13.1 Å². The molecule has 14 heavy (non-hydrogen) atoms. The molecule has 4 nitrogen and oxygen atoms in total. The first-order valence-electron chi connectivity index (χ1n) is 5.24. The number of likely N-dealkylation sites (tertiary alicyclic amines) is 1. The molecule has 2 aliphatic heterocycles. The summed E-state index contributed by atoms with van der Waals surface area (Å²) in [7, 11) is 2.10. The predicted octanol–water partition coefficient (Wildman–Crippen LogP) is -0.0937. The third kappa shape index (κ3) is 1.53. The van der Waals surface area contributed by atoms with Crippen molar-refractivity contribution in [2.24, 2.45) is 0 Å². The highest BCUT2D eigenvalue weighted by Crippen LogP contribution is 2.28. The first-order chi connectivity index (χ1) is 6.44. The SMILES string of the molecule is CN1CCC2(CC1)NC(C)(C)NC2=O. The van der Waals surface area contributed by atoms with E-state index in [9.17, 15) is 4.79 Å². The van der Waals surface area contributed by atoms with Crippen LogP contribution < -0.4 is 10.6 Å². The minimum atomic E-state index is -0.296. The van der Waals surface area contributed by atoms with E-state index in [1.165, 1.54) is 0 Å². The molecule has 0 aliphatic carbocycles. The fourth-order valence-electron chi connectivity index (χ4n) is 2.44. The molecule has 2 aliphatic rings. The van der Waals surface area contributed by atoms with Gasteiger partial charge in [-0.1, -0.05) is 0 Å². The lowest BCUT2D eigenvalue weighted by Gasteiger charge is -2.36. The molecule has 2 saturated heterocycles. The van der Waals surface area contributed by atoms with Crippen LogP contribution in [0.25, 0.3) is 0 Å². The molecule has 2 fully saturated rings. The molecule has 2 heterocycles. The zero-order valence-electron chi connectivity index (χ0n) is 9.18. The van der Waals surface area contributed by atoms with Crippen LogP contribution in [0.2, 0.25) is 0 Å².